The zero-order valence-corrected chi connectivity index (χ0v) is 19.2. The van der Waals surface area contributed by atoms with Crippen molar-refractivity contribution in [3.05, 3.63) is 41.7 Å². The van der Waals surface area contributed by atoms with Crippen molar-refractivity contribution < 1.29 is 32.7 Å². The number of nitrogens with zero attached hydrogens (tertiary/aromatic N) is 6. The summed E-state index contributed by atoms with van der Waals surface area (Å²) in [5.74, 6) is -1.74. The van der Waals surface area contributed by atoms with Crippen LogP contribution in [0.1, 0.15) is 34.8 Å². The number of pyridine rings is 1. The Morgan fingerprint density at radius 3 is 2.29 bits per heavy atom. The van der Waals surface area contributed by atoms with Crippen LogP contribution < -0.4 is 5.32 Å². The van der Waals surface area contributed by atoms with Crippen LogP contribution in [-0.2, 0) is 24.3 Å². The van der Waals surface area contributed by atoms with Crippen molar-refractivity contribution in [2.75, 3.05) is 27.2 Å². The van der Waals surface area contributed by atoms with Gasteiger partial charge in [-0.15, -0.1) is 10.2 Å². The summed E-state index contributed by atoms with van der Waals surface area (Å²) in [6.45, 7) is 2.63. The number of carbonyl (C=O) groups excluding carboxylic acids is 2. The van der Waals surface area contributed by atoms with Crippen LogP contribution in [0.5, 0.6) is 0 Å². The maximum absolute atomic E-state index is 12.6. The SMILES string of the molecule is CN(C)C(=O)N1CCC2(CC1)Cc1nnc(C(=O)NCc3ccncc3)n1C2.O=C(O)C(F)(F)F. The first-order chi connectivity index (χ1) is 16.4. The van der Waals surface area contributed by atoms with Crippen molar-refractivity contribution in [3.63, 3.8) is 0 Å². The molecule has 35 heavy (non-hydrogen) atoms. The van der Waals surface area contributed by atoms with Gasteiger partial charge in [0.2, 0.25) is 5.82 Å². The molecule has 1 fully saturated rings. The van der Waals surface area contributed by atoms with Crippen molar-refractivity contribution in [1.29, 1.82) is 0 Å². The molecule has 0 aromatic carbocycles. The predicted octanol–water partition coefficient (Wildman–Crippen LogP) is 1.56. The third-order valence-electron chi connectivity index (χ3n) is 5.98. The summed E-state index contributed by atoms with van der Waals surface area (Å²) in [6, 6.07) is 3.79. The van der Waals surface area contributed by atoms with Crippen LogP contribution in [0.25, 0.3) is 0 Å². The molecule has 2 aliphatic heterocycles. The average molecular weight is 497 g/mol. The molecule has 0 atom stereocenters. The number of likely N-dealkylation sites (tertiary alicyclic amines) is 1. The molecule has 0 radical (unpaired) electrons. The van der Waals surface area contributed by atoms with Crippen molar-refractivity contribution in [1.82, 2.24) is 34.9 Å². The summed E-state index contributed by atoms with van der Waals surface area (Å²) in [5, 5.41) is 18.4. The fourth-order valence-corrected chi connectivity index (χ4v) is 4.08. The molecule has 0 bridgehead atoms. The zero-order chi connectivity index (χ0) is 25.8. The highest BCUT2D eigenvalue weighted by molar-refractivity contribution is 5.90. The van der Waals surface area contributed by atoms with E-state index in [9.17, 15) is 22.8 Å². The number of hydrogen-bond acceptors (Lipinski definition) is 6. The summed E-state index contributed by atoms with van der Waals surface area (Å²) in [4.78, 5) is 41.2. The van der Waals surface area contributed by atoms with E-state index in [4.69, 9.17) is 9.90 Å². The summed E-state index contributed by atoms with van der Waals surface area (Å²) in [6.07, 6.45) is 0.949. The van der Waals surface area contributed by atoms with Crippen LogP contribution in [0.15, 0.2) is 24.5 Å². The van der Waals surface area contributed by atoms with E-state index in [0.29, 0.717) is 12.4 Å². The highest BCUT2D eigenvalue weighted by Crippen LogP contribution is 2.41. The van der Waals surface area contributed by atoms with Gasteiger partial charge in [-0.25, -0.2) is 9.59 Å². The Labute approximate surface area is 198 Å². The molecule has 0 aliphatic carbocycles. The normalized spacial score (nSPS) is 16.2. The Morgan fingerprint density at radius 1 is 1.14 bits per heavy atom. The Kier molecular flexibility index (Phi) is 7.60. The topological polar surface area (TPSA) is 134 Å². The van der Waals surface area contributed by atoms with Gasteiger partial charge in [-0.2, -0.15) is 13.2 Å². The van der Waals surface area contributed by atoms with Gasteiger partial charge in [0.25, 0.3) is 5.91 Å². The van der Waals surface area contributed by atoms with Gasteiger partial charge in [-0.1, -0.05) is 0 Å². The number of aromatic nitrogens is 4. The maximum atomic E-state index is 12.6. The number of fused-ring (bicyclic) bond motifs is 1. The summed E-state index contributed by atoms with van der Waals surface area (Å²) >= 11 is 0. The number of rotatable bonds is 3. The molecule has 2 aromatic heterocycles. The number of aliphatic carboxylic acids is 1. The molecule has 3 amide bonds. The van der Waals surface area contributed by atoms with Gasteiger partial charge in [0.05, 0.1) is 0 Å². The number of carboxylic acid groups (broad SMARTS) is 1. The molecule has 4 rings (SSSR count). The lowest BCUT2D eigenvalue weighted by Crippen LogP contribution is -2.47. The predicted molar refractivity (Wildman–Crippen MR) is 115 cm³/mol. The molecule has 190 valence electrons. The van der Waals surface area contributed by atoms with E-state index < -0.39 is 12.1 Å². The Balaban J connectivity index is 0.000000429. The quantitative estimate of drug-likeness (QED) is 0.657. The van der Waals surface area contributed by atoms with E-state index in [1.807, 2.05) is 21.6 Å². The molecule has 1 spiro atoms. The summed E-state index contributed by atoms with van der Waals surface area (Å²) < 4.78 is 33.7. The number of carbonyl (C=O) groups is 3. The van der Waals surface area contributed by atoms with Crippen LogP contribution in [0.4, 0.5) is 18.0 Å². The number of piperidine rings is 1. The molecule has 4 heterocycles. The third kappa shape index (κ3) is 6.25. The Morgan fingerprint density at radius 2 is 1.74 bits per heavy atom. The minimum Gasteiger partial charge on any atom is -0.475 e. The highest BCUT2D eigenvalue weighted by atomic mass is 19.4. The lowest BCUT2D eigenvalue weighted by Gasteiger charge is -2.39. The second kappa shape index (κ2) is 10.3. The van der Waals surface area contributed by atoms with Crippen LogP contribution in [0, 0.1) is 5.41 Å². The standard InChI is InChI=1S/C19H25N7O2.C2HF3O2/c1-24(2)18(28)25-9-5-19(6-10-25)11-15-22-23-16(26(15)13-19)17(27)21-12-14-3-7-20-8-4-14;3-2(4,5)1(6)7/h3-4,7-8H,5-6,9-13H2,1-2H3,(H,21,27);(H,6,7). The lowest BCUT2D eigenvalue weighted by atomic mass is 9.77. The van der Waals surface area contributed by atoms with E-state index in [1.165, 1.54) is 0 Å². The van der Waals surface area contributed by atoms with Crippen molar-refractivity contribution in [3.8, 4) is 0 Å². The largest absolute Gasteiger partial charge is 0.490 e. The Hall–Kier alpha value is -3.71. The molecule has 11 nitrogen and oxygen atoms in total. The second-order valence-electron chi connectivity index (χ2n) is 8.71. The lowest BCUT2D eigenvalue weighted by molar-refractivity contribution is -0.192. The molecule has 2 aromatic rings. The first-order valence-corrected chi connectivity index (χ1v) is 10.8. The first-order valence-electron chi connectivity index (χ1n) is 10.8. The van der Waals surface area contributed by atoms with Crippen molar-refractivity contribution in [2.24, 2.45) is 5.41 Å². The van der Waals surface area contributed by atoms with Gasteiger partial charge in [0, 0.05) is 59.1 Å². The Bertz CT molecular complexity index is 1060. The van der Waals surface area contributed by atoms with Crippen LogP contribution >= 0.6 is 0 Å². The van der Waals surface area contributed by atoms with E-state index in [-0.39, 0.29) is 17.4 Å². The fraction of sp³-hybridized carbons (Fsp3) is 0.524. The number of amides is 3. The van der Waals surface area contributed by atoms with E-state index in [2.05, 4.69) is 20.5 Å². The minimum atomic E-state index is -5.08. The van der Waals surface area contributed by atoms with Crippen LogP contribution in [0.2, 0.25) is 0 Å². The number of hydrogen-bond donors (Lipinski definition) is 2. The first kappa shape index (κ1) is 25.9. The molecule has 14 heteroatoms. The second-order valence-corrected chi connectivity index (χ2v) is 8.71. The molecule has 0 unspecified atom stereocenters. The van der Waals surface area contributed by atoms with E-state index >= 15 is 0 Å². The number of nitrogens with one attached hydrogen (secondary N) is 1. The number of alkyl halides is 3. The average Bonchev–Trinajstić information content (AvgIpc) is 3.35. The molecule has 1 saturated heterocycles. The highest BCUT2D eigenvalue weighted by Gasteiger charge is 2.43. The number of urea groups is 1. The van der Waals surface area contributed by atoms with E-state index in [0.717, 1.165) is 50.3 Å². The van der Waals surface area contributed by atoms with Crippen LogP contribution in [0.3, 0.4) is 0 Å². The molecular formula is C21H26F3N7O4. The monoisotopic (exact) mass is 497 g/mol. The smallest absolute Gasteiger partial charge is 0.475 e. The summed E-state index contributed by atoms with van der Waals surface area (Å²) in [5.41, 5.74) is 1.05. The molecule has 2 aliphatic rings. The molecule has 0 saturated carbocycles. The maximum Gasteiger partial charge on any atom is 0.490 e. The van der Waals surface area contributed by atoms with Crippen LogP contribution in [-0.4, -0.2) is 85.9 Å². The van der Waals surface area contributed by atoms with Gasteiger partial charge in [-0.3, -0.25) is 9.78 Å². The fourth-order valence-electron chi connectivity index (χ4n) is 4.08. The minimum absolute atomic E-state index is 0.0587. The van der Waals surface area contributed by atoms with Gasteiger partial charge >= 0.3 is 18.2 Å². The third-order valence-corrected chi connectivity index (χ3v) is 5.98. The van der Waals surface area contributed by atoms with Crippen molar-refractivity contribution >= 4 is 17.9 Å². The summed E-state index contributed by atoms with van der Waals surface area (Å²) in [7, 11) is 3.56. The molecular weight excluding hydrogens is 471 g/mol. The number of halogens is 3. The van der Waals surface area contributed by atoms with Gasteiger partial charge in [0.1, 0.15) is 5.82 Å². The van der Waals surface area contributed by atoms with E-state index in [1.54, 1.807) is 31.4 Å². The van der Waals surface area contributed by atoms with Crippen molar-refractivity contribution in [2.45, 2.75) is 38.5 Å². The van der Waals surface area contributed by atoms with Gasteiger partial charge in [-0.05, 0) is 36.0 Å². The van der Waals surface area contributed by atoms with Gasteiger partial charge < -0.3 is 24.8 Å². The number of carboxylic acids is 1. The molecule has 2 N–H and O–H groups in total. The van der Waals surface area contributed by atoms with Gasteiger partial charge in [0.15, 0.2) is 0 Å². The zero-order valence-electron chi connectivity index (χ0n) is 19.2.